The fraction of sp³-hybridized carbons (Fsp3) is 0.625. The molecule has 0 aliphatic carbocycles. The van der Waals surface area contributed by atoms with E-state index in [0.29, 0.717) is 6.04 Å². The van der Waals surface area contributed by atoms with Crippen molar-refractivity contribution >= 4 is 0 Å². The molecule has 1 N–H and O–H groups in total. The average Bonchev–Trinajstić information content (AvgIpc) is 2.40. The zero-order valence-electron chi connectivity index (χ0n) is 7.22. The zero-order chi connectivity index (χ0) is 8.27. The smallest absolute Gasteiger partial charge is 0.181 e. The largest absolute Gasteiger partial charge is 0.447 e. The standard InChI is InChI=1S/C8H14N2O/c1-4-7(9-3)8-6(2)10-5-11-8/h5,7,9H,4H2,1-3H3. The first kappa shape index (κ1) is 8.27. The predicted octanol–water partition coefficient (Wildman–Crippen LogP) is 1.65. The SMILES string of the molecule is CCC(NC)c1ocnc1C. The highest BCUT2D eigenvalue weighted by molar-refractivity contribution is 5.09. The molecule has 0 saturated carbocycles. The van der Waals surface area contributed by atoms with Crippen molar-refractivity contribution in [2.75, 3.05) is 7.05 Å². The van der Waals surface area contributed by atoms with Gasteiger partial charge in [-0.15, -0.1) is 0 Å². The Morgan fingerprint density at radius 2 is 2.45 bits per heavy atom. The van der Waals surface area contributed by atoms with Crippen LogP contribution in [0, 0.1) is 6.92 Å². The van der Waals surface area contributed by atoms with E-state index in [1.54, 1.807) is 0 Å². The number of nitrogens with one attached hydrogen (secondary N) is 1. The summed E-state index contributed by atoms with van der Waals surface area (Å²) < 4.78 is 5.23. The van der Waals surface area contributed by atoms with Crippen LogP contribution in [0.15, 0.2) is 10.8 Å². The number of nitrogens with zero attached hydrogens (tertiary/aromatic N) is 1. The van der Waals surface area contributed by atoms with E-state index in [1.807, 2.05) is 14.0 Å². The van der Waals surface area contributed by atoms with Crippen LogP contribution in [0.1, 0.15) is 30.8 Å². The van der Waals surface area contributed by atoms with Crippen LogP contribution >= 0.6 is 0 Å². The summed E-state index contributed by atoms with van der Waals surface area (Å²) in [4.78, 5) is 4.03. The first-order valence-electron chi connectivity index (χ1n) is 3.86. The highest BCUT2D eigenvalue weighted by atomic mass is 16.3. The monoisotopic (exact) mass is 154 g/mol. The van der Waals surface area contributed by atoms with Gasteiger partial charge in [0.25, 0.3) is 0 Å². The summed E-state index contributed by atoms with van der Waals surface area (Å²) in [5.74, 6) is 0.954. The molecule has 0 saturated heterocycles. The van der Waals surface area contributed by atoms with Crippen LogP contribution in [0.25, 0.3) is 0 Å². The van der Waals surface area contributed by atoms with Crippen molar-refractivity contribution in [3.8, 4) is 0 Å². The molecule has 1 aromatic heterocycles. The van der Waals surface area contributed by atoms with E-state index in [9.17, 15) is 0 Å². The Balaban J connectivity index is 2.81. The first-order chi connectivity index (χ1) is 5.29. The Kier molecular flexibility index (Phi) is 2.65. The summed E-state index contributed by atoms with van der Waals surface area (Å²) in [6, 6.07) is 0.303. The van der Waals surface area contributed by atoms with Crippen molar-refractivity contribution in [1.29, 1.82) is 0 Å². The Morgan fingerprint density at radius 3 is 2.82 bits per heavy atom. The van der Waals surface area contributed by atoms with Crippen LogP contribution in [-0.2, 0) is 0 Å². The van der Waals surface area contributed by atoms with Gasteiger partial charge in [-0.05, 0) is 20.4 Å². The van der Waals surface area contributed by atoms with E-state index in [-0.39, 0.29) is 0 Å². The van der Waals surface area contributed by atoms with E-state index in [2.05, 4.69) is 17.2 Å². The fourth-order valence-corrected chi connectivity index (χ4v) is 1.17. The van der Waals surface area contributed by atoms with Gasteiger partial charge in [0.1, 0.15) is 5.76 Å². The second-order valence-electron chi connectivity index (χ2n) is 2.55. The van der Waals surface area contributed by atoms with Crippen LogP contribution in [0.4, 0.5) is 0 Å². The zero-order valence-corrected chi connectivity index (χ0v) is 7.22. The molecule has 0 fully saturated rings. The van der Waals surface area contributed by atoms with Gasteiger partial charge in [-0.25, -0.2) is 4.98 Å². The van der Waals surface area contributed by atoms with E-state index in [4.69, 9.17) is 4.42 Å². The lowest BCUT2D eigenvalue weighted by Crippen LogP contribution is -2.15. The molecule has 0 aliphatic heterocycles. The van der Waals surface area contributed by atoms with Gasteiger partial charge in [0.2, 0.25) is 0 Å². The lowest BCUT2D eigenvalue weighted by atomic mass is 10.1. The number of aromatic nitrogens is 1. The van der Waals surface area contributed by atoms with Gasteiger partial charge in [0.05, 0.1) is 11.7 Å². The van der Waals surface area contributed by atoms with Gasteiger partial charge < -0.3 is 9.73 Å². The Hall–Kier alpha value is -0.830. The number of rotatable bonds is 3. The molecule has 11 heavy (non-hydrogen) atoms. The molecule has 3 heteroatoms. The van der Waals surface area contributed by atoms with Gasteiger partial charge in [0.15, 0.2) is 6.39 Å². The molecule has 1 heterocycles. The maximum absolute atomic E-state index is 5.23. The number of oxazole rings is 1. The maximum atomic E-state index is 5.23. The van der Waals surface area contributed by atoms with Gasteiger partial charge >= 0.3 is 0 Å². The summed E-state index contributed by atoms with van der Waals surface area (Å²) in [7, 11) is 1.93. The minimum absolute atomic E-state index is 0.303. The molecule has 3 nitrogen and oxygen atoms in total. The number of aryl methyl sites for hydroxylation is 1. The highest BCUT2D eigenvalue weighted by Gasteiger charge is 2.12. The van der Waals surface area contributed by atoms with Gasteiger partial charge in [0, 0.05) is 0 Å². The fourth-order valence-electron chi connectivity index (χ4n) is 1.17. The lowest BCUT2D eigenvalue weighted by Gasteiger charge is -2.10. The molecule has 0 bridgehead atoms. The van der Waals surface area contributed by atoms with Crippen LogP contribution in [0.5, 0.6) is 0 Å². The molecule has 0 spiro atoms. The minimum atomic E-state index is 0.303. The summed E-state index contributed by atoms with van der Waals surface area (Å²) in [5, 5.41) is 3.16. The molecule has 1 aromatic rings. The van der Waals surface area contributed by atoms with E-state index >= 15 is 0 Å². The second-order valence-corrected chi connectivity index (χ2v) is 2.55. The van der Waals surface area contributed by atoms with E-state index in [1.165, 1.54) is 6.39 Å². The van der Waals surface area contributed by atoms with Crippen LogP contribution in [-0.4, -0.2) is 12.0 Å². The van der Waals surface area contributed by atoms with Gasteiger partial charge in [-0.2, -0.15) is 0 Å². The molecule has 1 atom stereocenters. The Bertz CT molecular complexity index is 216. The number of hydrogen-bond acceptors (Lipinski definition) is 3. The van der Waals surface area contributed by atoms with Gasteiger partial charge in [-0.3, -0.25) is 0 Å². The minimum Gasteiger partial charge on any atom is -0.447 e. The van der Waals surface area contributed by atoms with Crippen molar-refractivity contribution in [1.82, 2.24) is 10.3 Å². The molecule has 1 rings (SSSR count). The third-order valence-corrected chi connectivity index (χ3v) is 1.86. The molecular formula is C8H14N2O. The molecule has 62 valence electrons. The molecule has 0 amide bonds. The highest BCUT2D eigenvalue weighted by Crippen LogP contribution is 2.18. The Morgan fingerprint density at radius 1 is 1.73 bits per heavy atom. The van der Waals surface area contributed by atoms with Crippen molar-refractivity contribution in [3.63, 3.8) is 0 Å². The third kappa shape index (κ3) is 1.60. The first-order valence-corrected chi connectivity index (χ1v) is 3.86. The normalized spacial score (nSPS) is 13.4. The van der Waals surface area contributed by atoms with Crippen molar-refractivity contribution < 1.29 is 4.42 Å². The summed E-state index contributed by atoms with van der Waals surface area (Å²) >= 11 is 0. The molecule has 1 unspecified atom stereocenters. The molecular weight excluding hydrogens is 140 g/mol. The quantitative estimate of drug-likeness (QED) is 0.719. The van der Waals surface area contributed by atoms with Gasteiger partial charge in [-0.1, -0.05) is 6.92 Å². The third-order valence-electron chi connectivity index (χ3n) is 1.86. The average molecular weight is 154 g/mol. The van der Waals surface area contributed by atoms with Crippen molar-refractivity contribution in [3.05, 3.63) is 17.8 Å². The molecule has 0 aromatic carbocycles. The Labute approximate surface area is 66.8 Å². The topological polar surface area (TPSA) is 38.1 Å². The molecule has 0 radical (unpaired) electrons. The van der Waals surface area contributed by atoms with E-state index in [0.717, 1.165) is 17.9 Å². The van der Waals surface area contributed by atoms with Crippen molar-refractivity contribution in [2.24, 2.45) is 0 Å². The maximum Gasteiger partial charge on any atom is 0.181 e. The van der Waals surface area contributed by atoms with E-state index < -0.39 is 0 Å². The summed E-state index contributed by atoms with van der Waals surface area (Å²) in [6.07, 6.45) is 2.51. The van der Waals surface area contributed by atoms with Crippen molar-refractivity contribution in [2.45, 2.75) is 26.3 Å². The van der Waals surface area contributed by atoms with Crippen LogP contribution in [0.3, 0.4) is 0 Å². The summed E-state index contributed by atoms with van der Waals surface area (Å²) in [5.41, 5.74) is 0.978. The lowest BCUT2D eigenvalue weighted by molar-refractivity contribution is 0.420. The predicted molar refractivity (Wildman–Crippen MR) is 43.3 cm³/mol. The van der Waals surface area contributed by atoms with Crippen LogP contribution < -0.4 is 5.32 Å². The number of hydrogen-bond donors (Lipinski definition) is 1. The summed E-state index contributed by atoms with van der Waals surface area (Å²) in [6.45, 7) is 4.07. The van der Waals surface area contributed by atoms with Crippen LogP contribution in [0.2, 0.25) is 0 Å². The second kappa shape index (κ2) is 3.53. The molecule has 0 aliphatic rings.